The Labute approximate surface area is 138 Å². The van der Waals surface area contributed by atoms with Crippen LogP contribution in [0.2, 0.25) is 0 Å². The Bertz CT molecular complexity index is 852. The first-order valence-electron chi connectivity index (χ1n) is 7.50. The molecule has 0 fully saturated rings. The molecular formula is C16H18N6O2. The number of aromatic amines is 2. The quantitative estimate of drug-likeness (QED) is 0.668. The highest BCUT2D eigenvalue weighted by Gasteiger charge is 2.14. The first-order valence-corrected chi connectivity index (χ1v) is 7.50. The molecule has 0 aliphatic carbocycles. The molecular weight excluding hydrogens is 308 g/mol. The fraction of sp³-hybridized carbons (Fsp3) is 0.250. The Morgan fingerprint density at radius 3 is 2.75 bits per heavy atom. The standard InChI is InChI=1S/C16H18N6O2/c1-9(2)14-17-16(22-21-14)18-15(23)13-8-12(19-20-13)10-5-4-6-11(7-10)24-3/h4-9H,1-3H3,(H,19,20)(H2,17,18,21,22,23). The number of methoxy groups -OCH3 is 1. The summed E-state index contributed by atoms with van der Waals surface area (Å²) in [5.41, 5.74) is 1.82. The summed E-state index contributed by atoms with van der Waals surface area (Å²) in [6, 6.07) is 9.12. The normalized spacial score (nSPS) is 10.8. The molecule has 8 heteroatoms. The average Bonchev–Trinajstić information content (AvgIpc) is 3.24. The van der Waals surface area contributed by atoms with Crippen molar-refractivity contribution in [2.24, 2.45) is 0 Å². The second-order valence-electron chi connectivity index (χ2n) is 5.55. The van der Waals surface area contributed by atoms with Crippen molar-refractivity contribution in [3.63, 3.8) is 0 Å². The predicted molar refractivity (Wildman–Crippen MR) is 89.0 cm³/mol. The Kier molecular flexibility index (Phi) is 4.28. The zero-order chi connectivity index (χ0) is 17.1. The van der Waals surface area contributed by atoms with Crippen LogP contribution in [0.1, 0.15) is 36.1 Å². The second kappa shape index (κ2) is 6.53. The molecule has 2 aromatic heterocycles. The lowest BCUT2D eigenvalue weighted by Crippen LogP contribution is -2.13. The topological polar surface area (TPSA) is 109 Å². The van der Waals surface area contributed by atoms with Gasteiger partial charge in [0.2, 0.25) is 5.95 Å². The van der Waals surface area contributed by atoms with E-state index in [9.17, 15) is 4.79 Å². The Morgan fingerprint density at radius 1 is 1.21 bits per heavy atom. The zero-order valence-electron chi connectivity index (χ0n) is 13.6. The summed E-state index contributed by atoms with van der Waals surface area (Å²) in [5, 5.41) is 16.3. The Hall–Kier alpha value is -3.16. The lowest BCUT2D eigenvalue weighted by atomic mass is 10.1. The largest absolute Gasteiger partial charge is 0.497 e. The second-order valence-corrected chi connectivity index (χ2v) is 5.55. The molecule has 24 heavy (non-hydrogen) atoms. The van der Waals surface area contributed by atoms with E-state index in [1.165, 1.54) is 0 Å². The van der Waals surface area contributed by atoms with E-state index in [-0.39, 0.29) is 17.8 Å². The smallest absolute Gasteiger partial charge is 0.276 e. The summed E-state index contributed by atoms with van der Waals surface area (Å²) in [6.45, 7) is 3.98. The first-order chi connectivity index (χ1) is 11.6. The fourth-order valence-electron chi connectivity index (χ4n) is 2.13. The number of ether oxygens (including phenoxy) is 1. The maximum Gasteiger partial charge on any atom is 0.276 e. The first kappa shape index (κ1) is 15.7. The van der Waals surface area contributed by atoms with Crippen LogP contribution >= 0.6 is 0 Å². The molecule has 3 rings (SSSR count). The third-order valence-electron chi connectivity index (χ3n) is 3.46. The van der Waals surface area contributed by atoms with Gasteiger partial charge in [-0.05, 0) is 18.2 Å². The highest BCUT2D eigenvalue weighted by atomic mass is 16.5. The van der Waals surface area contributed by atoms with Gasteiger partial charge in [0.25, 0.3) is 5.91 Å². The summed E-state index contributed by atoms with van der Waals surface area (Å²) < 4.78 is 5.19. The van der Waals surface area contributed by atoms with Gasteiger partial charge < -0.3 is 4.74 Å². The monoisotopic (exact) mass is 326 g/mol. The summed E-state index contributed by atoms with van der Waals surface area (Å²) >= 11 is 0. The van der Waals surface area contributed by atoms with Crippen molar-refractivity contribution in [1.82, 2.24) is 25.4 Å². The number of benzene rings is 1. The number of H-pyrrole nitrogens is 2. The number of rotatable bonds is 5. The van der Waals surface area contributed by atoms with Crippen molar-refractivity contribution in [2.45, 2.75) is 19.8 Å². The van der Waals surface area contributed by atoms with Crippen LogP contribution in [0, 0.1) is 0 Å². The molecule has 124 valence electrons. The number of nitrogens with one attached hydrogen (secondary N) is 3. The third-order valence-corrected chi connectivity index (χ3v) is 3.46. The lowest BCUT2D eigenvalue weighted by molar-refractivity contribution is 0.102. The summed E-state index contributed by atoms with van der Waals surface area (Å²) in [5.74, 6) is 1.53. The van der Waals surface area contributed by atoms with Crippen molar-refractivity contribution in [2.75, 3.05) is 12.4 Å². The molecule has 0 aliphatic heterocycles. The maximum atomic E-state index is 12.3. The van der Waals surface area contributed by atoms with E-state index in [2.05, 4.69) is 30.7 Å². The average molecular weight is 326 g/mol. The van der Waals surface area contributed by atoms with Gasteiger partial charge in [0.05, 0.1) is 12.8 Å². The number of amides is 1. The summed E-state index contributed by atoms with van der Waals surface area (Å²) in [6.07, 6.45) is 0. The molecule has 0 saturated heterocycles. The molecule has 0 radical (unpaired) electrons. The van der Waals surface area contributed by atoms with E-state index in [0.29, 0.717) is 17.2 Å². The van der Waals surface area contributed by atoms with Crippen LogP contribution in [0.5, 0.6) is 5.75 Å². The highest BCUT2D eigenvalue weighted by Crippen LogP contribution is 2.22. The van der Waals surface area contributed by atoms with Gasteiger partial charge in [0.15, 0.2) is 0 Å². The van der Waals surface area contributed by atoms with E-state index >= 15 is 0 Å². The Morgan fingerprint density at radius 2 is 2.04 bits per heavy atom. The van der Waals surface area contributed by atoms with E-state index in [0.717, 1.165) is 11.3 Å². The minimum absolute atomic E-state index is 0.204. The summed E-state index contributed by atoms with van der Waals surface area (Å²) in [7, 11) is 1.60. The minimum atomic E-state index is -0.356. The molecule has 3 aromatic rings. The summed E-state index contributed by atoms with van der Waals surface area (Å²) in [4.78, 5) is 16.5. The van der Waals surface area contributed by atoms with E-state index in [4.69, 9.17) is 4.74 Å². The number of hydrogen-bond donors (Lipinski definition) is 3. The molecule has 1 amide bonds. The zero-order valence-corrected chi connectivity index (χ0v) is 13.6. The lowest BCUT2D eigenvalue weighted by Gasteiger charge is -2.01. The molecule has 0 bridgehead atoms. The number of anilines is 1. The van der Waals surface area contributed by atoms with Crippen LogP contribution in [0.15, 0.2) is 30.3 Å². The van der Waals surface area contributed by atoms with Gasteiger partial charge >= 0.3 is 0 Å². The molecule has 2 heterocycles. The van der Waals surface area contributed by atoms with Crippen LogP contribution in [0.3, 0.4) is 0 Å². The molecule has 1 aromatic carbocycles. The van der Waals surface area contributed by atoms with E-state index in [1.54, 1.807) is 13.2 Å². The van der Waals surface area contributed by atoms with Gasteiger partial charge in [-0.3, -0.25) is 20.3 Å². The van der Waals surface area contributed by atoms with Crippen molar-refractivity contribution in [3.8, 4) is 17.0 Å². The number of carbonyl (C=O) groups excluding carboxylic acids is 1. The fourth-order valence-corrected chi connectivity index (χ4v) is 2.13. The van der Waals surface area contributed by atoms with Crippen LogP contribution < -0.4 is 10.1 Å². The van der Waals surface area contributed by atoms with Gasteiger partial charge in [-0.2, -0.15) is 10.1 Å². The van der Waals surface area contributed by atoms with Crippen LogP contribution in [0.4, 0.5) is 5.95 Å². The molecule has 0 atom stereocenters. The number of aromatic nitrogens is 5. The number of carbonyl (C=O) groups is 1. The van der Waals surface area contributed by atoms with Gasteiger partial charge in [0.1, 0.15) is 17.3 Å². The van der Waals surface area contributed by atoms with E-state index < -0.39 is 0 Å². The number of hydrogen-bond acceptors (Lipinski definition) is 5. The molecule has 0 unspecified atom stereocenters. The third kappa shape index (κ3) is 3.27. The van der Waals surface area contributed by atoms with Crippen molar-refractivity contribution in [3.05, 3.63) is 41.9 Å². The van der Waals surface area contributed by atoms with Gasteiger partial charge in [-0.1, -0.05) is 26.0 Å². The number of nitrogens with zero attached hydrogens (tertiary/aromatic N) is 3. The molecule has 0 aliphatic rings. The predicted octanol–water partition coefficient (Wildman–Crippen LogP) is 2.58. The maximum absolute atomic E-state index is 12.3. The van der Waals surface area contributed by atoms with Crippen LogP contribution in [-0.2, 0) is 0 Å². The molecule has 0 saturated carbocycles. The SMILES string of the molecule is COc1cccc(-c2cc(C(=O)Nc3n[nH]c(C(C)C)n3)[nH]n2)c1. The molecule has 3 N–H and O–H groups in total. The molecule has 0 spiro atoms. The van der Waals surface area contributed by atoms with Gasteiger partial charge in [0, 0.05) is 11.5 Å². The minimum Gasteiger partial charge on any atom is -0.497 e. The van der Waals surface area contributed by atoms with Crippen molar-refractivity contribution >= 4 is 11.9 Å². The van der Waals surface area contributed by atoms with E-state index in [1.807, 2.05) is 38.1 Å². The van der Waals surface area contributed by atoms with Crippen molar-refractivity contribution in [1.29, 1.82) is 0 Å². The Balaban J connectivity index is 1.75. The van der Waals surface area contributed by atoms with Gasteiger partial charge in [-0.25, -0.2) is 0 Å². The van der Waals surface area contributed by atoms with Crippen molar-refractivity contribution < 1.29 is 9.53 Å². The van der Waals surface area contributed by atoms with Crippen LogP contribution in [0.25, 0.3) is 11.3 Å². The molecule has 8 nitrogen and oxygen atoms in total. The highest BCUT2D eigenvalue weighted by molar-refractivity contribution is 6.02. The van der Waals surface area contributed by atoms with Crippen LogP contribution in [-0.4, -0.2) is 38.4 Å². The van der Waals surface area contributed by atoms with Gasteiger partial charge in [-0.15, -0.1) is 5.10 Å².